The van der Waals surface area contributed by atoms with Crippen molar-refractivity contribution >= 4 is 0 Å². The highest BCUT2D eigenvalue weighted by Crippen LogP contribution is 2.43. The van der Waals surface area contributed by atoms with Gasteiger partial charge in [0.25, 0.3) is 0 Å². The van der Waals surface area contributed by atoms with Crippen LogP contribution in [0.1, 0.15) is 81.4 Å². The third-order valence-electron chi connectivity index (χ3n) is 6.06. The molecule has 0 heterocycles. The van der Waals surface area contributed by atoms with Gasteiger partial charge in [-0.25, -0.2) is 0 Å². The van der Waals surface area contributed by atoms with Gasteiger partial charge in [-0.15, -0.1) is 0 Å². The lowest BCUT2D eigenvalue weighted by Gasteiger charge is -2.37. The minimum atomic E-state index is 0.566. The first-order valence-electron chi connectivity index (χ1n) is 9.09. The van der Waals surface area contributed by atoms with Crippen molar-refractivity contribution in [3.8, 4) is 0 Å². The van der Waals surface area contributed by atoms with E-state index >= 15 is 0 Å². The Labute approximate surface area is 130 Å². The first kappa shape index (κ1) is 15.1. The lowest BCUT2D eigenvalue weighted by Crippen LogP contribution is -2.31. The average molecular weight is 285 g/mol. The van der Waals surface area contributed by atoms with Gasteiger partial charge in [-0.2, -0.15) is 0 Å². The van der Waals surface area contributed by atoms with Gasteiger partial charge in [0.15, 0.2) is 0 Å². The molecule has 0 spiro atoms. The van der Waals surface area contributed by atoms with E-state index in [1.807, 2.05) is 0 Å². The van der Waals surface area contributed by atoms with Crippen molar-refractivity contribution in [1.82, 2.24) is 5.32 Å². The van der Waals surface area contributed by atoms with E-state index in [1.54, 1.807) is 11.1 Å². The summed E-state index contributed by atoms with van der Waals surface area (Å²) in [7, 11) is 2.16. The van der Waals surface area contributed by atoms with Crippen LogP contribution in [0.4, 0.5) is 0 Å². The van der Waals surface area contributed by atoms with Gasteiger partial charge in [-0.05, 0) is 61.6 Å². The predicted octanol–water partition coefficient (Wildman–Crippen LogP) is 5.43. The lowest BCUT2D eigenvalue weighted by atomic mass is 9.71. The van der Waals surface area contributed by atoms with E-state index in [0.29, 0.717) is 6.04 Å². The maximum atomic E-state index is 3.68. The van der Waals surface area contributed by atoms with Gasteiger partial charge in [0, 0.05) is 6.04 Å². The summed E-state index contributed by atoms with van der Waals surface area (Å²) in [6.45, 7) is 2.36. The fourth-order valence-electron chi connectivity index (χ4n) is 4.54. The molecule has 3 atom stereocenters. The number of rotatable bonds is 5. The Morgan fingerprint density at radius 2 is 1.86 bits per heavy atom. The molecule has 1 aromatic rings. The van der Waals surface area contributed by atoms with E-state index in [9.17, 15) is 0 Å². The largest absolute Gasteiger partial charge is 0.313 e. The highest BCUT2D eigenvalue weighted by molar-refractivity contribution is 5.34. The fourth-order valence-corrected chi connectivity index (χ4v) is 4.54. The molecule has 1 heteroatoms. The zero-order valence-electron chi connectivity index (χ0n) is 13.8. The Bertz CT molecular complexity index is 449. The van der Waals surface area contributed by atoms with E-state index in [4.69, 9.17) is 0 Å². The summed E-state index contributed by atoms with van der Waals surface area (Å²) in [5, 5.41) is 3.68. The minimum Gasteiger partial charge on any atom is -0.313 e. The van der Waals surface area contributed by atoms with Gasteiger partial charge in [0.1, 0.15) is 0 Å². The van der Waals surface area contributed by atoms with Gasteiger partial charge in [-0.3, -0.25) is 0 Å². The SMILES string of the molecule is CCC1CCCC(C(NC)c2ccccc2C2CCC2)C1. The fraction of sp³-hybridized carbons (Fsp3) is 0.700. The maximum Gasteiger partial charge on any atom is 0.0349 e. The molecule has 2 aliphatic rings. The molecule has 0 amide bonds. The second kappa shape index (κ2) is 6.96. The third-order valence-corrected chi connectivity index (χ3v) is 6.06. The summed E-state index contributed by atoms with van der Waals surface area (Å²) >= 11 is 0. The number of hydrogen-bond acceptors (Lipinski definition) is 1. The van der Waals surface area contributed by atoms with Crippen LogP contribution in [0.15, 0.2) is 24.3 Å². The molecule has 3 unspecified atom stereocenters. The second-order valence-electron chi connectivity index (χ2n) is 7.22. The zero-order chi connectivity index (χ0) is 14.7. The predicted molar refractivity (Wildman–Crippen MR) is 90.6 cm³/mol. The van der Waals surface area contributed by atoms with Gasteiger partial charge >= 0.3 is 0 Å². The molecular formula is C20H31N. The second-order valence-corrected chi connectivity index (χ2v) is 7.22. The monoisotopic (exact) mass is 285 g/mol. The van der Waals surface area contributed by atoms with Crippen LogP contribution in [-0.2, 0) is 0 Å². The smallest absolute Gasteiger partial charge is 0.0349 e. The van der Waals surface area contributed by atoms with Crippen molar-refractivity contribution in [2.24, 2.45) is 11.8 Å². The molecule has 21 heavy (non-hydrogen) atoms. The molecule has 1 aromatic carbocycles. The van der Waals surface area contributed by atoms with E-state index in [1.165, 1.54) is 51.4 Å². The Hall–Kier alpha value is -0.820. The molecule has 0 aromatic heterocycles. The maximum absolute atomic E-state index is 3.68. The molecule has 0 radical (unpaired) electrons. The molecule has 2 aliphatic carbocycles. The van der Waals surface area contributed by atoms with Gasteiger partial charge in [-0.1, -0.05) is 56.9 Å². The van der Waals surface area contributed by atoms with Crippen LogP contribution in [0.2, 0.25) is 0 Å². The van der Waals surface area contributed by atoms with Gasteiger partial charge in [0.05, 0.1) is 0 Å². The van der Waals surface area contributed by atoms with Crippen molar-refractivity contribution in [3.05, 3.63) is 35.4 Å². The molecule has 0 saturated heterocycles. The topological polar surface area (TPSA) is 12.0 Å². The molecule has 2 saturated carbocycles. The first-order chi connectivity index (χ1) is 10.3. The molecule has 1 N–H and O–H groups in total. The summed E-state index contributed by atoms with van der Waals surface area (Å²) in [6, 6.07) is 9.83. The van der Waals surface area contributed by atoms with E-state index in [-0.39, 0.29) is 0 Å². The summed E-state index contributed by atoms with van der Waals surface area (Å²) < 4.78 is 0. The number of nitrogens with one attached hydrogen (secondary N) is 1. The summed E-state index contributed by atoms with van der Waals surface area (Å²) in [4.78, 5) is 0. The van der Waals surface area contributed by atoms with E-state index in [0.717, 1.165) is 17.8 Å². The van der Waals surface area contributed by atoms with Crippen LogP contribution >= 0.6 is 0 Å². The Kier molecular flexibility index (Phi) is 5.00. The van der Waals surface area contributed by atoms with Gasteiger partial charge in [0.2, 0.25) is 0 Å². The van der Waals surface area contributed by atoms with Crippen molar-refractivity contribution < 1.29 is 0 Å². The quantitative estimate of drug-likeness (QED) is 0.760. The molecule has 3 rings (SSSR count). The zero-order valence-corrected chi connectivity index (χ0v) is 13.8. The molecule has 0 bridgehead atoms. The summed E-state index contributed by atoms with van der Waals surface area (Å²) in [5.41, 5.74) is 3.24. The lowest BCUT2D eigenvalue weighted by molar-refractivity contribution is 0.213. The van der Waals surface area contributed by atoms with Crippen LogP contribution in [0.3, 0.4) is 0 Å². The highest BCUT2D eigenvalue weighted by Gasteiger charge is 2.31. The van der Waals surface area contributed by atoms with Crippen LogP contribution in [-0.4, -0.2) is 7.05 Å². The van der Waals surface area contributed by atoms with Crippen molar-refractivity contribution in [2.45, 2.75) is 70.3 Å². The Morgan fingerprint density at radius 1 is 1.10 bits per heavy atom. The summed E-state index contributed by atoms with van der Waals surface area (Å²) in [6.07, 6.45) is 11.3. The number of benzene rings is 1. The standard InChI is InChI=1S/C20H31N/c1-3-15-8-6-11-17(14-15)20(21-2)19-13-5-4-12-18(19)16-9-7-10-16/h4-5,12-13,15-17,20-21H,3,6-11,14H2,1-2H3. The van der Waals surface area contributed by atoms with E-state index < -0.39 is 0 Å². The summed E-state index contributed by atoms with van der Waals surface area (Å²) in [5.74, 6) is 2.62. The van der Waals surface area contributed by atoms with E-state index in [2.05, 4.69) is 43.6 Å². The Morgan fingerprint density at radius 3 is 2.52 bits per heavy atom. The number of hydrogen-bond donors (Lipinski definition) is 1. The van der Waals surface area contributed by atoms with Crippen LogP contribution in [0.25, 0.3) is 0 Å². The molecule has 116 valence electrons. The van der Waals surface area contributed by atoms with Crippen LogP contribution in [0.5, 0.6) is 0 Å². The normalized spacial score (nSPS) is 28.1. The Balaban J connectivity index is 1.82. The molecule has 1 nitrogen and oxygen atoms in total. The first-order valence-corrected chi connectivity index (χ1v) is 9.09. The molecule has 2 fully saturated rings. The van der Waals surface area contributed by atoms with Crippen molar-refractivity contribution in [3.63, 3.8) is 0 Å². The van der Waals surface area contributed by atoms with Crippen molar-refractivity contribution in [1.29, 1.82) is 0 Å². The average Bonchev–Trinajstić information content (AvgIpc) is 2.48. The molecule has 0 aliphatic heterocycles. The highest BCUT2D eigenvalue weighted by atomic mass is 14.9. The van der Waals surface area contributed by atoms with Crippen LogP contribution < -0.4 is 5.32 Å². The third kappa shape index (κ3) is 3.18. The van der Waals surface area contributed by atoms with Crippen LogP contribution in [0, 0.1) is 11.8 Å². The minimum absolute atomic E-state index is 0.566. The van der Waals surface area contributed by atoms with Crippen molar-refractivity contribution in [2.75, 3.05) is 7.05 Å². The van der Waals surface area contributed by atoms with Gasteiger partial charge < -0.3 is 5.32 Å². The molecular weight excluding hydrogens is 254 g/mol.